The fourth-order valence-electron chi connectivity index (χ4n) is 4.62. The first-order chi connectivity index (χ1) is 22.4. The van der Waals surface area contributed by atoms with Gasteiger partial charge in [0.25, 0.3) is 11.8 Å². The van der Waals surface area contributed by atoms with Crippen LogP contribution >= 0.6 is 23.4 Å². The smallest absolute Gasteiger partial charge is 0.272 e. The molecule has 0 fully saturated rings. The van der Waals surface area contributed by atoms with Gasteiger partial charge in [-0.1, -0.05) is 110 Å². The molecule has 0 aliphatic rings. The molecule has 230 valence electrons. The van der Waals surface area contributed by atoms with E-state index < -0.39 is 11.8 Å². The fourth-order valence-corrected chi connectivity index (χ4v) is 5.82. The minimum atomic E-state index is -0.484. The number of carbonyl (C=O) groups is 3. The highest BCUT2D eigenvalue weighted by molar-refractivity contribution is 8.00. The van der Waals surface area contributed by atoms with Crippen LogP contribution in [0.15, 0.2) is 144 Å². The lowest BCUT2D eigenvalue weighted by Crippen LogP contribution is -2.30. The zero-order chi connectivity index (χ0) is 32.3. The molecule has 5 rings (SSSR count). The molecule has 0 radical (unpaired) electrons. The van der Waals surface area contributed by atoms with Crippen LogP contribution in [0, 0.1) is 0 Å². The summed E-state index contributed by atoms with van der Waals surface area (Å²) in [4.78, 5) is 40.6. The minimum Gasteiger partial charge on any atom is -0.324 e. The van der Waals surface area contributed by atoms with Gasteiger partial charge in [0, 0.05) is 16.1 Å². The molecule has 8 heteroatoms. The van der Waals surface area contributed by atoms with Gasteiger partial charge in [-0.2, -0.15) is 0 Å². The third-order valence-corrected chi connectivity index (χ3v) is 8.71. The molecular formula is C38H32ClN3O3S. The quantitative estimate of drug-likeness (QED) is 0.0989. The molecule has 1 atom stereocenters. The van der Waals surface area contributed by atoms with Crippen LogP contribution in [0.4, 0.5) is 11.4 Å². The molecule has 0 heterocycles. The van der Waals surface area contributed by atoms with Crippen molar-refractivity contribution in [2.45, 2.75) is 23.5 Å². The average molecular weight is 646 g/mol. The minimum absolute atomic E-state index is 0.0879. The van der Waals surface area contributed by atoms with Crippen LogP contribution in [-0.2, 0) is 9.59 Å². The summed E-state index contributed by atoms with van der Waals surface area (Å²) in [6.07, 6.45) is 2.23. The first kappa shape index (κ1) is 32.3. The third-order valence-electron chi connectivity index (χ3n) is 7.02. The molecule has 0 aromatic heterocycles. The summed E-state index contributed by atoms with van der Waals surface area (Å²) in [5.41, 5.74) is 4.47. The monoisotopic (exact) mass is 645 g/mol. The van der Waals surface area contributed by atoms with Crippen molar-refractivity contribution in [1.82, 2.24) is 5.32 Å². The highest BCUT2D eigenvalue weighted by atomic mass is 35.5. The molecular weight excluding hydrogens is 614 g/mol. The van der Waals surface area contributed by atoms with E-state index in [0.29, 0.717) is 28.4 Å². The molecule has 0 saturated heterocycles. The Balaban J connectivity index is 1.33. The second kappa shape index (κ2) is 15.8. The zero-order valence-corrected chi connectivity index (χ0v) is 26.6. The molecule has 6 nitrogen and oxygen atoms in total. The van der Waals surface area contributed by atoms with E-state index in [4.69, 9.17) is 11.6 Å². The average Bonchev–Trinajstić information content (AvgIpc) is 3.09. The van der Waals surface area contributed by atoms with E-state index in [1.807, 2.05) is 85.8 Å². The van der Waals surface area contributed by atoms with Crippen molar-refractivity contribution in [2.24, 2.45) is 0 Å². The first-order valence-electron chi connectivity index (χ1n) is 14.8. The Hall–Kier alpha value is -5.11. The molecule has 46 heavy (non-hydrogen) atoms. The summed E-state index contributed by atoms with van der Waals surface area (Å²) >= 11 is 7.62. The van der Waals surface area contributed by atoms with Crippen molar-refractivity contribution >= 4 is 58.5 Å². The van der Waals surface area contributed by atoms with Gasteiger partial charge in [-0.25, -0.2) is 0 Å². The summed E-state index contributed by atoms with van der Waals surface area (Å²) in [5, 5.41) is 8.68. The van der Waals surface area contributed by atoms with Crippen molar-refractivity contribution in [1.29, 1.82) is 0 Å². The molecule has 0 spiro atoms. The van der Waals surface area contributed by atoms with Crippen molar-refractivity contribution in [3.63, 3.8) is 0 Å². The Labute approximate surface area is 277 Å². The van der Waals surface area contributed by atoms with Crippen molar-refractivity contribution in [3.8, 4) is 11.1 Å². The summed E-state index contributed by atoms with van der Waals surface area (Å²) < 4.78 is 0. The van der Waals surface area contributed by atoms with Gasteiger partial charge in [-0.05, 0) is 71.7 Å². The third kappa shape index (κ3) is 8.75. The Kier molecular flexibility index (Phi) is 11.1. The molecule has 3 N–H and O–H groups in total. The lowest BCUT2D eigenvalue weighted by Gasteiger charge is -2.16. The Morgan fingerprint density at radius 3 is 2.09 bits per heavy atom. The van der Waals surface area contributed by atoms with E-state index in [-0.39, 0.29) is 16.9 Å². The summed E-state index contributed by atoms with van der Waals surface area (Å²) in [6, 6.07) is 40.8. The lowest BCUT2D eigenvalue weighted by atomic mass is 10.0. The topological polar surface area (TPSA) is 87.3 Å². The van der Waals surface area contributed by atoms with Crippen molar-refractivity contribution < 1.29 is 14.4 Å². The van der Waals surface area contributed by atoms with Crippen LogP contribution in [0.2, 0.25) is 5.02 Å². The number of para-hydroxylation sites is 1. The zero-order valence-electron chi connectivity index (χ0n) is 25.1. The van der Waals surface area contributed by atoms with E-state index in [1.165, 1.54) is 11.8 Å². The van der Waals surface area contributed by atoms with Crippen LogP contribution in [0.25, 0.3) is 17.2 Å². The molecule has 0 bridgehead atoms. The lowest BCUT2D eigenvalue weighted by molar-refractivity contribution is -0.116. The number of hydrogen-bond acceptors (Lipinski definition) is 4. The highest BCUT2D eigenvalue weighted by Gasteiger charge is 2.20. The highest BCUT2D eigenvalue weighted by Crippen LogP contribution is 2.30. The van der Waals surface area contributed by atoms with Gasteiger partial charge in [-0.3, -0.25) is 14.4 Å². The van der Waals surface area contributed by atoms with Gasteiger partial charge in [0.15, 0.2) is 0 Å². The first-order valence-corrected chi connectivity index (χ1v) is 16.0. The number of benzene rings is 5. The predicted octanol–water partition coefficient (Wildman–Crippen LogP) is 8.93. The van der Waals surface area contributed by atoms with Gasteiger partial charge in [0.2, 0.25) is 5.91 Å². The van der Waals surface area contributed by atoms with E-state index in [1.54, 1.807) is 60.7 Å². The SMILES string of the molecule is CCC(Sc1cccc(NC(=O)/C(=C\c2ccc(-c3ccccc3)cc2)NC(=O)c2ccccc2)c1)C(=O)Nc1ccccc1Cl. The van der Waals surface area contributed by atoms with Crippen LogP contribution in [0.1, 0.15) is 29.3 Å². The summed E-state index contributed by atoms with van der Waals surface area (Å²) in [6.45, 7) is 1.94. The van der Waals surface area contributed by atoms with Crippen molar-refractivity contribution in [3.05, 3.63) is 155 Å². The second-order valence-corrected chi connectivity index (χ2v) is 12.0. The maximum absolute atomic E-state index is 13.6. The molecule has 3 amide bonds. The normalized spacial score (nSPS) is 11.7. The molecule has 0 aliphatic heterocycles. The van der Waals surface area contributed by atoms with Gasteiger partial charge in [0.05, 0.1) is 16.0 Å². The van der Waals surface area contributed by atoms with E-state index in [9.17, 15) is 14.4 Å². The maximum Gasteiger partial charge on any atom is 0.272 e. The number of halogens is 1. The standard InChI is InChI=1S/C38H32ClN3O3S/c1-2-35(38(45)41-33-19-10-9-18-32(33)39)46-31-17-11-16-30(25-31)40-37(44)34(42-36(43)29-14-7-4-8-15-29)24-26-20-22-28(23-21-26)27-12-5-3-6-13-27/h3-25,35H,2H2,1H3,(H,40,44)(H,41,45)(H,42,43)/b34-24+. The van der Waals surface area contributed by atoms with E-state index in [2.05, 4.69) is 16.0 Å². The largest absolute Gasteiger partial charge is 0.324 e. The summed E-state index contributed by atoms with van der Waals surface area (Å²) in [7, 11) is 0. The van der Waals surface area contributed by atoms with Crippen LogP contribution < -0.4 is 16.0 Å². The van der Waals surface area contributed by atoms with Crippen LogP contribution in [0.3, 0.4) is 0 Å². The number of amides is 3. The number of thioether (sulfide) groups is 1. The molecule has 1 unspecified atom stereocenters. The molecule has 5 aromatic carbocycles. The number of nitrogens with one attached hydrogen (secondary N) is 3. The van der Waals surface area contributed by atoms with Gasteiger partial charge >= 0.3 is 0 Å². The summed E-state index contributed by atoms with van der Waals surface area (Å²) in [5.74, 6) is -1.05. The number of rotatable bonds is 11. The maximum atomic E-state index is 13.6. The molecule has 0 saturated carbocycles. The predicted molar refractivity (Wildman–Crippen MR) is 189 cm³/mol. The number of carbonyl (C=O) groups excluding carboxylic acids is 3. The van der Waals surface area contributed by atoms with Gasteiger partial charge in [0.1, 0.15) is 5.70 Å². The van der Waals surface area contributed by atoms with Gasteiger partial charge in [-0.15, -0.1) is 11.8 Å². The fraction of sp³-hybridized carbons (Fsp3) is 0.0789. The number of anilines is 2. The van der Waals surface area contributed by atoms with Crippen molar-refractivity contribution in [2.75, 3.05) is 10.6 Å². The Morgan fingerprint density at radius 1 is 0.739 bits per heavy atom. The van der Waals surface area contributed by atoms with E-state index in [0.717, 1.165) is 21.6 Å². The van der Waals surface area contributed by atoms with Crippen LogP contribution in [-0.4, -0.2) is 23.0 Å². The van der Waals surface area contributed by atoms with E-state index >= 15 is 0 Å². The van der Waals surface area contributed by atoms with Gasteiger partial charge < -0.3 is 16.0 Å². The number of hydrogen-bond donors (Lipinski definition) is 3. The molecule has 5 aromatic rings. The Bertz CT molecular complexity index is 1840. The van der Waals surface area contributed by atoms with Crippen LogP contribution in [0.5, 0.6) is 0 Å². The Morgan fingerprint density at radius 2 is 1.39 bits per heavy atom. The second-order valence-electron chi connectivity index (χ2n) is 10.3. The molecule has 0 aliphatic carbocycles.